The molecule has 136 valence electrons. The molecule has 0 radical (unpaired) electrons. The van der Waals surface area contributed by atoms with Crippen molar-refractivity contribution in [1.82, 2.24) is 15.5 Å². The summed E-state index contributed by atoms with van der Waals surface area (Å²) in [5, 5.41) is 5.05. The third-order valence-corrected chi connectivity index (χ3v) is 3.74. The summed E-state index contributed by atoms with van der Waals surface area (Å²) in [6.07, 6.45) is -3.44. The number of urea groups is 1. The van der Waals surface area contributed by atoms with Gasteiger partial charge in [0.15, 0.2) is 0 Å². The number of carbonyl (C=O) groups excluding carboxylic acids is 3. The van der Waals surface area contributed by atoms with Gasteiger partial charge in [-0.05, 0) is 30.5 Å². The molecular formula is C16H18F3N3O3. The van der Waals surface area contributed by atoms with Crippen LogP contribution in [-0.2, 0) is 22.2 Å². The second-order valence-corrected chi connectivity index (χ2v) is 5.60. The summed E-state index contributed by atoms with van der Waals surface area (Å²) in [7, 11) is 0. The predicted molar refractivity (Wildman–Crippen MR) is 82.5 cm³/mol. The molecule has 1 aromatic carbocycles. The van der Waals surface area contributed by atoms with Crippen molar-refractivity contribution in [3.63, 3.8) is 0 Å². The standard InChI is InChI=1S/C16H18F3N3O3/c17-16(18,19)12-5-3-11(4-6-12)7-8-20-13(23)2-1-9-22-14(24)10-21-15(22)25/h3-6H,1-2,7-10H2,(H,20,23)(H,21,25). The SMILES string of the molecule is O=C(CCCN1C(=O)CNC1=O)NCCc1ccc(C(F)(F)F)cc1. The van der Waals surface area contributed by atoms with E-state index in [1.807, 2.05) is 0 Å². The lowest BCUT2D eigenvalue weighted by atomic mass is 10.1. The van der Waals surface area contributed by atoms with E-state index >= 15 is 0 Å². The van der Waals surface area contributed by atoms with Crippen molar-refractivity contribution in [2.75, 3.05) is 19.6 Å². The Bertz CT molecular complexity index is 628. The van der Waals surface area contributed by atoms with Crippen molar-refractivity contribution >= 4 is 17.8 Å². The average Bonchev–Trinajstić information content (AvgIpc) is 2.86. The maximum Gasteiger partial charge on any atom is 0.416 e. The first-order valence-corrected chi connectivity index (χ1v) is 7.78. The van der Waals surface area contributed by atoms with Gasteiger partial charge in [0.2, 0.25) is 11.8 Å². The van der Waals surface area contributed by atoms with E-state index in [2.05, 4.69) is 10.6 Å². The number of benzene rings is 1. The van der Waals surface area contributed by atoms with Gasteiger partial charge in [0.05, 0.1) is 12.1 Å². The maximum atomic E-state index is 12.4. The summed E-state index contributed by atoms with van der Waals surface area (Å²) < 4.78 is 37.3. The highest BCUT2D eigenvalue weighted by Gasteiger charge is 2.30. The molecule has 0 unspecified atom stereocenters. The Morgan fingerprint density at radius 1 is 1.20 bits per heavy atom. The van der Waals surface area contributed by atoms with Gasteiger partial charge in [-0.1, -0.05) is 12.1 Å². The smallest absolute Gasteiger partial charge is 0.356 e. The molecule has 1 aliphatic heterocycles. The third-order valence-electron chi connectivity index (χ3n) is 3.74. The van der Waals surface area contributed by atoms with Gasteiger partial charge >= 0.3 is 12.2 Å². The van der Waals surface area contributed by atoms with Crippen LogP contribution in [0.5, 0.6) is 0 Å². The van der Waals surface area contributed by atoms with E-state index in [9.17, 15) is 27.6 Å². The fraction of sp³-hybridized carbons (Fsp3) is 0.438. The van der Waals surface area contributed by atoms with E-state index in [1.54, 1.807) is 0 Å². The van der Waals surface area contributed by atoms with Crippen LogP contribution in [0.2, 0.25) is 0 Å². The quantitative estimate of drug-likeness (QED) is 0.729. The van der Waals surface area contributed by atoms with Gasteiger partial charge in [-0.15, -0.1) is 0 Å². The Labute approximate surface area is 142 Å². The summed E-state index contributed by atoms with van der Waals surface area (Å²) in [6.45, 7) is 0.461. The fourth-order valence-electron chi connectivity index (χ4n) is 2.37. The Kier molecular flexibility index (Phi) is 6.00. The number of imide groups is 1. The van der Waals surface area contributed by atoms with Crippen LogP contribution in [-0.4, -0.2) is 42.4 Å². The number of amides is 4. The normalized spacial score (nSPS) is 14.6. The molecule has 1 heterocycles. The molecule has 0 aromatic heterocycles. The maximum absolute atomic E-state index is 12.4. The van der Waals surface area contributed by atoms with Gasteiger partial charge in [0, 0.05) is 19.5 Å². The predicted octanol–water partition coefficient (Wildman–Crippen LogP) is 1.70. The second kappa shape index (κ2) is 8.00. The molecule has 2 rings (SSSR count). The number of alkyl halides is 3. The van der Waals surface area contributed by atoms with Crippen LogP contribution in [0.25, 0.3) is 0 Å². The molecule has 0 aliphatic carbocycles. The fourth-order valence-corrected chi connectivity index (χ4v) is 2.37. The van der Waals surface area contributed by atoms with E-state index in [4.69, 9.17) is 0 Å². The lowest BCUT2D eigenvalue weighted by molar-refractivity contribution is -0.137. The lowest BCUT2D eigenvalue weighted by Gasteiger charge is -2.12. The topological polar surface area (TPSA) is 78.5 Å². The molecule has 2 N–H and O–H groups in total. The summed E-state index contributed by atoms with van der Waals surface area (Å²) in [5.41, 5.74) is -0.0200. The molecule has 25 heavy (non-hydrogen) atoms. The Hall–Kier alpha value is -2.58. The summed E-state index contributed by atoms with van der Waals surface area (Å²) in [5.74, 6) is -0.549. The number of hydrogen-bond donors (Lipinski definition) is 2. The molecule has 4 amide bonds. The molecular weight excluding hydrogens is 339 g/mol. The average molecular weight is 357 g/mol. The molecule has 1 aliphatic rings. The first-order chi connectivity index (χ1) is 11.8. The van der Waals surface area contributed by atoms with Crippen LogP contribution in [0, 0.1) is 0 Å². The van der Waals surface area contributed by atoms with E-state index in [0.717, 1.165) is 17.0 Å². The minimum absolute atomic E-state index is 0.0157. The number of hydrogen-bond acceptors (Lipinski definition) is 3. The Balaban J connectivity index is 1.65. The largest absolute Gasteiger partial charge is 0.416 e. The molecule has 1 aromatic rings. The van der Waals surface area contributed by atoms with Gasteiger partial charge in [-0.3, -0.25) is 14.5 Å². The van der Waals surface area contributed by atoms with Crippen molar-refractivity contribution in [2.24, 2.45) is 0 Å². The van der Waals surface area contributed by atoms with Crippen molar-refractivity contribution in [2.45, 2.75) is 25.4 Å². The van der Waals surface area contributed by atoms with E-state index in [-0.39, 0.29) is 31.3 Å². The van der Waals surface area contributed by atoms with Crippen LogP contribution < -0.4 is 10.6 Å². The van der Waals surface area contributed by atoms with E-state index < -0.39 is 17.8 Å². The zero-order valence-corrected chi connectivity index (χ0v) is 13.4. The van der Waals surface area contributed by atoms with Crippen LogP contribution in [0.15, 0.2) is 24.3 Å². The second-order valence-electron chi connectivity index (χ2n) is 5.60. The zero-order chi connectivity index (χ0) is 18.4. The minimum Gasteiger partial charge on any atom is -0.356 e. The summed E-state index contributed by atoms with van der Waals surface area (Å²) in [4.78, 5) is 35.4. The van der Waals surface area contributed by atoms with Crippen LogP contribution in [0.3, 0.4) is 0 Å². The van der Waals surface area contributed by atoms with Crippen molar-refractivity contribution in [1.29, 1.82) is 0 Å². The number of rotatable bonds is 7. The minimum atomic E-state index is -4.36. The molecule has 1 fully saturated rings. The third kappa shape index (κ3) is 5.47. The zero-order valence-electron chi connectivity index (χ0n) is 13.4. The van der Waals surface area contributed by atoms with Gasteiger partial charge in [-0.25, -0.2) is 4.79 Å². The molecule has 9 heteroatoms. The summed E-state index contributed by atoms with van der Waals surface area (Å²) in [6, 6.07) is 4.33. The van der Waals surface area contributed by atoms with Crippen molar-refractivity contribution < 1.29 is 27.6 Å². The number of nitrogens with one attached hydrogen (secondary N) is 2. The van der Waals surface area contributed by atoms with Crippen LogP contribution in [0.4, 0.5) is 18.0 Å². The van der Waals surface area contributed by atoms with Crippen LogP contribution in [0.1, 0.15) is 24.0 Å². The van der Waals surface area contributed by atoms with Crippen molar-refractivity contribution in [3.8, 4) is 0 Å². The van der Waals surface area contributed by atoms with Crippen molar-refractivity contribution in [3.05, 3.63) is 35.4 Å². The van der Waals surface area contributed by atoms with Gasteiger partial charge < -0.3 is 10.6 Å². The highest BCUT2D eigenvalue weighted by molar-refractivity contribution is 6.01. The van der Waals surface area contributed by atoms with E-state index in [1.165, 1.54) is 12.1 Å². The highest BCUT2D eigenvalue weighted by atomic mass is 19.4. The number of carbonyl (C=O) groups is 3. The summed E-state index contributed by atoms with van der Waals surface area (Å²) >= 11 is 0. The molecule has 6 nitrogen and oxygen atoms in total. The highest BCUT2D eigenvalue weighted by Crippen LogP contribution is 2.29. The molecule has 0 saturated carbocycles. The van der Waals surface area contributed by atoms with Gasteiger partial charge in [0.1, 0.15) is 0 Å². The first kappa shape index (κ1) is 18.8. The molecule has 0 spiro atoms. The monoisotopic (exact) mass is 357 g/mol. The Morgan fingerprint density at radius 2 is 1.88 bits per heavy atom. The molecule has 0 bridgehead atoms. The van der Waals surface area contributed by atoms with Gasteiger partial charge in [-0.2, -0.15) is 13.2 Å². The van der Waals surface area contributed by atoms with Crippen LogP contribution >= 0.6 is 0 Å². The molecule has 0 atom stereocenters. The van der Waals surface area contributed by atoms with Gasteiger partial charge in [0.25, 0.3) is 0 Å². The van der Waals surface area contributed by atoms with E-state index in [0.29, 0.717) is 24.9 Å². The molecule has 1 saturated heterocycles. The number of nitrogens with zero attached hydrogens (tertiary/aromatic N) is 1. The lowest BCUT2D eigenvalue weighted by Crippen LogP contribution is -2.33. The Morgan fingerprint density at radius 3 is 2.44 bits per heavy atom. The number of halogens is 3. The first-order valence-electron chi connectivity index (χ1n) is 7.78.